The Hall–Kier alpha value is -1.14. The van der Waals surface area contributed by atoms with Gasteiger partial charge in [-0.15, -0.1) is 0 Å². The lowest BCUT2D eigenvalue weighted by Crippen LogP contribution is -2.53. The summed E-state index contributed by atoms with van der Waals surface area (Å²) in [6, 6.07) is 0.934. The van der Waals surface area contributed by atoms with Gasteiger partial charge in [0.05, 0.1) is 6.54 Å². The summed E-state index contributed by atoms with van der Waals surface area (Å²) in [6.07, 6.45) is 6.91. The fraction of sp³-hybridized carbons (Fsp3) is 0.867. The van der Waals surface area contributed by atoms with Crippen LogP contribution in [0.25, 0.3) is 0 Å². The van der Waals surface area contributed by atoms with Gasteiger partial charge in [-0.05, 0) is 31.6 Å². The van der Waals surface area contributed by atoms with E-state index in [9.17, 15) is 9.59 Å². The number of hydrogen-bond acceptors (Lipinski definition) is 4. The van der Waals surface area contributed by atoms with Gasteiger partial charge in [0, 0.05) is 31.6 Å². The van der Waals surface area contributed by atoms with Crippen molar-refractivity contribution in [3.8, 4) is 0 Å². The largest absolute Gasteiger partial charge is 0.481 e. The Morgan fingerprint density at radius 2 is 1.90 bits per heavy atom. The van der Waals surface area contributed by atoms with Gasteiger partial charge >= 0.3 is 5.97 Å². The molecule has 6 heteroatoms. The molecule has 6 nitrogen and oxygen atoms in total. The third kappa shape index (κ3) is 5.63. The highest BCUT2D eigenvalue weighted by molar-refractivity contribution is 5.75. The molecule has 2 unspecified atom stereocenters. The number of aliphatic carboxylic acids is 1. The first-order chi connectivity index (χ1) is 10.0. The number of piperidine rings is 1. The molecule has 2 aliphatic rings. The van der Waals surface area contributed by atoms with Crippen LogP contribution in [0.1, 0.15) is 44.9 Å². The molecule has 1 aliphatic heterocycles. The molecule has 0 aromatic heterocycles. The molecule has 1 heterocycles. The van der Waals surface area contributed by atoms with Crippen molar-refractivity contribution in [2.24, 2.45) is 11.7 Å². The van der Waals surface area contributed by atoms with Crippen molar-refractivity contribution >= 4 is 11.9 Å². The smallest absolute Gasteiger partial charge is 0.303 e. The van der Waals surface area contributed by atoms with Crippen molar-refractivity contribution in [1.82, 2.24) is 10.2 Å². The number of nitrogens with one attached hydrogen (secondary N) is 1. The van der Waals surface area contributed by atoms with E-state index >= 15 is 0 Å². The first-order valence-corrected chi connectivity index (χ1v) is 8.01. The molecule has 2 fully saturated rings. The molecular weight excluding hydrogens is 270 g/mol. The van der Waals surface area contributed by atoms with E-state index in [1.54, 1.807) is 0 Å². The number of carbonyl (C=O) groups excluding carboxylic acids is 1. The SMILES string of the molecule is NC(=O)CN1CC(CCC(=O)O)CC(NC2CCCC2)C1. The Bertz CT molecular complexity index is 369. The summed E-state index contributed by atoms with van der Waals surface area (Å²) in [6.45, 7) is 1.88. The van der Waals surface area contributed by atoms with Crippen LogP contribution in [-0.2, 0) is 9.59 Å². The molecule has 0 radical (unpaired) electrons. The number of carbonyl (C=O) groups is 2. The molecular formula is C15H27N3O3. The van der Waals surface area contributed by atoms with Crippen molar-refractivity contribution in [3.63, 3.8) is 0 Å². The monoisotopic (exact) mass is 297 g/mol. The van der Waals surface area contributed by atoms with Gasteiger partial charge in [0.1, 0.15) is 0 Å². The van der Waals surface area contributed by atoms with Crippen LogP contribution in [0.4, 0.5) is 0 Å². The topological polar surface area (TPSA) is 95.7 Å². The molecule has 1 aliphatic carbocycles. The van der Waals surface area contributed by atoms with Gasteiger partial charge in [0.15, 0.2) is 0 Å². The average Bonchev–Trinajstić information content (AvgIpc) is 2.88. The van der Waals surface area contributed by atoms with Gasteiger partial charge in [-0.1, -0.05) is 12.8 Å². The van der Waals surface area contributed by atoms with E-state index in [4.69, 9.17) is 10.8 Å². The number of rotatable bonds is 7. The Morgan fingerprint density at radius 1 is 1.19 bits per heavy atom. The lowest BCUT2D eigenvalue weighted by molar-refractivity contribution is -0.137. The summed E-state index contributed by atoms with van der Waals surface area (Å²) in [5, 5.41) is 12.5. The standard InChI is InChI=1S/C15H27N3O3/c16-14(19)10-18-8-11(5-6-15(20)21)7-13(9-18)17-12-3-1-2-4-12/h11-13,17H,1-10H2,(H2,16,19)(H,20,21). The molecule has 0 aromatic rings. The van der Waals surface area contributed by atoms with Gasteiger partial charge in [-0.25, -0.2) is 0 Å². The molecule has 21 heavy (non-hydrogen) atoms. The lowest BCUT2D eigenvalue weighted by Gasteiger charge is -2.38. The summed E-state index contributed by atoms with van der Waals surface area (Å²) in [5.74, 6) is -0.732. The maximum atomic E-state index is 11.2. The normalized spacial score (nSPS) is 27.8. The molecule has 0 spiro atoms. The minimum absolute atomic E-state index is 0.200. The van der Waals surface area contributed by atoms with Crippen LogP contribution in [0.15, 0.2) is 0 Å². The summed E-state index contributed by atoms with van der Waals surface area (Å²) in [5.41, 5.74) is 5.30. The van der Waals surface area contributed by atoms with Crippen LogP contribution >= 0.6 is 0 Å². The highest BCUT2D eigenvalue weighted by Crippen LogP contribution is 2.24. The minimum atomic E-state index is -0.748. The second-order valence-corrected chi connectivity index (χ2v) is 6.54. The van der Waals surface area contributed by atoms with E-state index in [2.05, 4.69) is 10.2 Å². The maximum absolute atomic E-state index is 11.2. The van der Waals surface area contributed by atoms with Crippen LogP contribution in [-0.4, -0.2) is 53.6 Å². The third-order valence-corrected chi connectivity index (χ3v) is 4.59. The van der Waals surface area contributed by atoms with Crippen molar-refractivity contribution in [3.05, 3.63) is 0 Å². The number of amides is 1. The Kier molecular flexibility index (Phi) is 5.99. The first-order valence-electron chi connectivity index (χ1n) is 8.01. The predicted molar refractivity (Wildman–Crippen MR) is 79.8 cm³/mol. The van der Waals surface area contributed by atoms with E-state index in [1.807, 2.05) is 0 Å². The molecule has 1 amide bonds. The summed E-state index contributed by atoms with van der Waals surface area (Å²) >= 11 is 0. The molecule has 120 valence electrons. The molecule has 0 aromatic carbocycles. The molecule has 1 saturated heterocycles. The fourth-order valence-electron chi connectivity index (χ4n) is 3.74. The zero-order chi connectivity index (χ0) is 15.2. The average molecular weight is 297 g/mol. The highest BCUT2D eigenvalue weighted by atomic mass is 16.4. The van der Waals surface area contributed by atoms with Crippen molar-refractivity contribution in [2.75, 3.05) is 19.6 Å². The first kappa shape index (κ1) is 16.2. The van der Waals surface area contributed by atoms with Crippen molar-refractivity contribution < 1.29 is 14.7 Å². The number of nitrogens with two attached hydrogens (primary N) is 1. The van der Waals surface area contributed by atoms with Gasteiger partial charge in [0.25, 0.3) is 0 Å². The molecule has 4 N–H and O–H groups in total. The van der Waals surface area contributed by atoms with Crippen LogP contribution < -0.4 is 11.1 Å². The van der Waals surface area contributed by atoms with Gasteiger partial charge in [-0.3, -0.25) is 14.5 Å². The molecule has 1 saturated carbocycles. The van der Waals surface area contributed by atoms with Crippen molar-refractivity contribution in [1.29, 1.82) is 0 Å². The van der Waals surface area contributed by atoms with E-state index < -0.39 is 5.97 Å². The molecule has 2 atom stereocenters. The summed E-state index contributed by atoms with van der Waals surface area (Å²) < 4.78 is 0. The second-order valence-electron chi connectivity index (χ2n) is 6.54. The Morgan fingerprint density at radius 3 is 2.52 bits per heavy atom. The zero-order valence-electron chi connectivity index (χ0n) is 12.6. The minimum Gasteiger partial charge on any atom is -0.481 e. The van der Waals surface area contributed by atoms with Gasteiger partial charge < -0.3 is 16.2 Å². The number of hydrogen-bond donors (Lipinski definition) is 3. The predicted octanol–water partition coefficient (Wildman–Crippen LogP) is 0.559. The number of carboxylic acid groups (broad SMARTS) is 1. The number of primary amides is 1. The third-order valence-electron chi connectivity index (χ3n) is 4.59. The van der Waals surface area contributed by atoms with E-state index in [0.717, 1.165) is 19.5 Å². The number of carboxylic acids is 1. The quantitative estimate of drug-likeness (QED) is 0.638. The van der Waals surface area contributed by atoms with Crippen LogP contribution in [0.2, 0.25) is 0 Å². The van der Waals surface area contributed by atoms with Gasteiger partial charge in [0.2, 0.25) is 5.91 Å². The van der Waals surface area contributed by atoms with E-state index in [-0.39, 0.29) is 18.9 Å². The number of likely N-dealkylation sites (tertiary alicyclic amines) is 1. The Balaban J connectivity index is 1.88. The van der Waals surface area contributed by atoms with Crippen LogP contribution in [0.3, 0.4) is 0 Å². The molecule has 0 bridgehead atoms. The number of nitrogens with zero attached hydrogens (tertiary/aromatic N) is 1. The van der Waals surface area contributed by atoms with Crippen molar-refractivity contribution in [2.45, 2.75) is 57.0 Å². The second kappa shape index (κ2) is 7.75. The zero-order valence-corrected chi connectivity index (χ0v) is 12.6. The van der Waals surface area contributed by atoms with E-state index in [1.165, 1.54) is 25.7 Å². The summed E-state index contributed by atoms with van der Waals surface area (Å²) in [4.78, 5) is 24.0. The van der Waals surface area contributed by atoms with Crippen LogP contribution in [0, 0.1) is 5.92 Å². The molecule has 2 rings (SSSR count). The Labute approximate surface area is 126 Å². The lowest BCUT2D eigenvalue weighted by atomic mass is 9.89. The van der Waals surface area contributed by atoms with Crippen LogP contribution in [0.5, 0.6) is 0 Å². The highest BCUT2D eigenvalue weighted by Gasteiger charge is 2.30. The summed E-state index contributed by atoms with van der Waals surface area (Å²) in [7, 11) is 0. The van der Waals surface area contributed by atoms with E-state index in [0.29, 0.717) is 24.4 Å². The van der Waals surface area contributed by atoms with Gasteiger partial charge in [-0.2, -0.15) is 0 Å². The fourth-order valence-corrected chi connectivity index (χ4v) is 3.74. The maximum Gasteiger partial charge on any atom is 0.303 e.